The molecule has 2 heteroatoms. The van der Waals surface area contributed by atoms with Crippen LogP contribution in [0.5, 0.6) is 0 Å². The Bertz CT molecular complexity index is 118. The van der Waals surface area contributed by atoms with Gasteiger partial charge in [-0.05, 0) is 27.2 Å². The van der Waals surface area contributed by atoms with E-state index in [2.05, 4.69) is 5.32 Å². The van der Waals surface area contributed by atoms with E-state index in [1.807, 2.05) is 27.7 Å². The number of hydrogen-bond acceptors (Lipinski definition) is 1. The van der Waals surface area contributed by atoms with Crippen molar-refractivity contribution in [2.24, 2.45) is 0 Å². The van der Waals surface area contributed by atoms with E-state index in [9.17, 15) is 4.79 Å². The third-order valence-corrected chi connectivity index (χ3v) is 0.991. The van der Waals surface area contributed by atoms with Gasteiger partial charge in [0, 0.05) is 13.4 Å². The van der Waals surface area contributed by atoms with E-state index in [-0.39, 0.29) is 12.9 Å². The maximum Gasteiger partial charge on any atom is 0.220 e. The van der Waals surface area contributed by atoms with Gasteiger partial charge in [-0.1, -0.05) is 6.92 Å². The number of nitrogens with one attached hydrogen (secondary N) is 1. The first-order valence-corrected chi connectivity index (χ1v) is 3.76. The second-order valence-electron chi connectivity index (χ2n) is 3.55. The molecule has 0 aromatic rings. The maximum absolute atomic E-state index is 10.9. The molecule has 0 fully saturated rings. The molecule has 0 aromatic carbocycles. The lowest BCUT2D eigenvalue weighted by Crippen LogP contribution is -2.40. The summed E-state index contributed by atoms with van der Waals surface area (Å²) in [5.74, 6) is 0.148. The smallest absolute Gasteiger partial charge is 0.220 e. The van der Waals surface area contributed by atoms with Crippen molar-refractivity contribution in [2.75, 3.05) is 0 Å². The summed E-state index contributed by atoms with van der Waals surface area (Å²) in [7, 11) is 0. The van der Waals surface area contributed by atoms with Gasteiger partial charge >= 0.3 is 0 Å². The Balaban J connectivity index is 0. The molecule has 0 unspecified atom stereocenters. The number of rotatable bonds is 2. The van der Waals surface area contributed by atoms with Crippen molar-refractivity contribution in [3.8, 4) is 0 Å². The molecule has 0 spiro atoms. The van der Waals surface area contributed by atoms with E-state index in [1.54, 1.807) is 0 Å². The Hall–Kier alpha value is -0.530. The molecule has 0 aliphatic heterocycles. The fourth-order valence-corrected chi connectivity index (χ4v) is 0.708. The zero-order valence-electron chi connectivity index (χ0n) is 7.32. The topological polar surface area (TPSA) is 29.1 Å². The second kappa shape index (κ2) is 3.59. The van der Waals surface area contributed by atoms with Crippen LogP contribution in [0.1, 0.15) is 42.0 Å². The Morgan fingerprint density at radius 1 is 1.50 bits per heavy atom. The standard InChI is InChI=1S/C8H17NO.H2/c1-5-6-7(10)9-8(2,3)4;/h5-6H2,1-4H3,(H,9,10);1H. The van der Waals surface area contributed by atoms with E-state index in [4.69, 9.17) is 0 Å². The normalized spacial score (nSPS) is 11.2. The molecule has 10 heavy (non-hydrogen) atoms. The highest BCUT2D eigenvalue weighted by Crippen LogP contribution is 1.99. The molecule has 0 aliphatic rings. The van der Waals surface area contributed by atoms with Gasteiger partial charge in [0.15, 0.2) is 0 Å². The number of carbonyl (C=O) groups excluding carboxylic acids is 1. The summed E-state index contributed by atoms with van der Waals surface area (Å²) in [5.41, 5.74) is -0.0771. The highest BCUT2D eigenvalue weighted by Gasteiger charge is 2.11. The zero-order valence-corrected chi connectivity index (χ0v) is 7.32. The lowest BCUT2D eigenvalue weighted by molar-refractivity contribution is -0.122. The van der Waals surface area contributed by atoms with Gasteiger partial charge in [-0.2, -0.15) is 0 Å². The lowest BCUT2D eigenvalue weighted by atomic mass is 10.1. The number of carbonyl (C=O) groups is 1. The van der Waals surface area contributed by atoms with Crippen molar-refractivity contribution >= 4 is 5.91 Å². The molecule has 2 nitrogen and oxygen atoms in total. The molecule has 0 saturated heterocycles. The molecular formula is C8H19NO. The van der Waals surface area contributed by atoms with Gasteiger partial charge in [0.05, 0.1) is 0 Å². The summed E-state index contributed by atoms with van der Waals surface area (Å²) in [6.07, 6.45) is 1.55. The van der Waals surface area contributed by atoms with Gasteiger partial charge in [0.2, 0.25) is 5.91 Å². The van der Waals surface area contributed by atoms with Crippen LogP contribution < -0.4 is 5.32 Å². The minimum atomic E-state index is -0.0771. The van der Waals surface area contributed by atoms with E-state index in [0.717, 1.165) is 6.42 Å². The van der Waals surface area contributed by atoms with Crippen LogP contribution in [0.15, 0.2) is 0 Å². The quantitative estimate of drug-likeness (QED) is 0.632. The molecule has 0 aliphatic carbocycles. The third-order valence-electron chi connectivity index (χ3n) is 0.991. The maximum atomic E-state index is 10.9. The molecule has 0 radical (unpaired) electrons. The zero-order chi connectivity index (χ0) is 8.20. The van der Waals surface area contributed by atoms with Gasteiger partial charge in [0.25, 0.3) is 0 Å². The fraction of sp³-hybridized carbons (Fsp3) is 0.875. The first kappa shape index (κ1) is 9.47. The first-order chi connectivity index (χ1) is 4.45. The van der Waals surface area contributed by atoms with Crippen LogP contribution in [0.4, 0.5) is 0 Å². The molecule has 1 amide bonds. The van der Waals surface area contributed by atoms with E-state index >= 15 is 0 Å². The van der Waals surface area contributed by atoms with Crippen LogP contribution in [-0.4, -0.2) is 11.4 Å². The van der Waals surface area contributed by atoms with Gasteiger partial charge in [-0.25, -0.2) is 0 Å². The van der Waals surface area contributed by atoms with Crippen LogP contribution in [0.25, 0.3) is 0 Å². The largest absolute Gasteiger partial charge is 0.352 e. The van der Waals surface area contributed by atoms with Crippen molar-refractivity contribution < 1.29 is 6.22 Å². The molecule has 62 valence electrons. The van der Waals surface area contributed by atoms with Gasteiger partial charge in [0.1, 0.15) is 0 Å². The van der Waals surface area contributed by atoms with Crippen molar-refractivity contribution in [1.29, 1.82) is 0 Å². The molecule has 0 rings (SSSR count). The fourth-order valence-electron chi connectivity index (χ4n) is 0.708. The van der Waals surface area contributed by atoms with Crippen LogP contribution in [-0.2, 0) is 4.79 Å². The summed E-state index contributed by atoms with van der Waals surface area (Å²) < 4.78 is 0. The van der Waals surface area contributed by atoms with Crippen molar-refractivity contribution in [1.82, 2.24) is 5.32 Å². The Morgan fingerprint density at radius 3 is 2.30 bits per heavy atom. The van der Waals surface area contributed by atoms with Crippen LogP contribution in [0.2, 0.25) is 0 Å². The minimum Gasteiger partial charge on any atom is -0.352 e. The first-order valence-electron chi connectivity index (χ1n) is 3.76. The monoisotopic (exact) mass is 145 g/mol. The number of amides is 1. The Kier molecular flexibility index (Phi) is 3.40. The Labute approximate surface area is 64.5 Å². The van der Waals surface area contributed by atoms with Gasteiger partial charge in [-0.3, -0.25) is 4.79 Å². The van der Waals surface area contributed by atoms with Crippen LogP contribution in [0.3, 0.4) is 0 Å². The predicted octanol–water partition coefficient (Wildman–Crippen LogP) is 1.95. The summed E-state index contributed by atoms with van der Waals surface area (Å²) in [5, 5.41) is 2.88. The molecule has 0 heterocycles. The molecule has 0 saturated carbocycles. The molecule has 0 atom stereocenters. The molecule has 0 aromatic heterocycles. The van der Waals surface area contributed by atoms with E-state index in [1.165, 1.54) is 0 Å². The van der Waals surface area contributed by atoms with Crippen molar-refractivity contribution in [3.63, 3.8) is 0 Å². The van der Waals surface area contributed by atoms with E-state index in [0.29, 0.717) is 6.42 Å². The van der Waals surface area contributed by atoms with Crippen molar-refractivity contribution in [3.05, 3.63) is 0 Å². The average Bonchev–Trinajstić information content (AvgIpc) is 1.59. The summed E-state index contributed by atoms with van der Waals surface area (Å²) in [4.78, 5) is 10.9. The molecule has 1 N–H and O–H groups in total. The molecule has 0 bridgehead atoms. The molecular weight excluding hydrogens is 126 g/mol. The lowest BCUT2D eigenvalue weighted by Gasteiger charge is -2.20. The Morgan fingerprint density at radius 2 is 2.00 bits per heavy atom. The summed E-state index contributed by atoms with van der Waals surface area (Å²) in [6, 6.07) is 0. The van der Waals surface area contributed by atoms with E-state index < -0.39 is 0 Å². The highest BCUT2D eigenvalue weighted by molar-refractivity contribution is 5.76. The van der Waals surface area contributed by atoms with Gasteiger partial charge in [-0.15, -0.1) is 0 Å². The summed E-state index contributed by atoms with van der Waals surface area (Å²) >= 11 is 0. The minimum absolute atomic E-state index is 0. The average molecular weight is 145 g/mol. The van der Waals surface area contributed by atoms with Crippen molar-refractivity contribution in [2.45, 2.75) is 46.1 Å². The van der Waals surface area contributed by atoms with Gasteiger partial charge < -0.3 is 5.32 Å². The second-order valence-corrected chi connectivity index (χ2v) is 3.55. The van der Waals surface area contributed by atoms with Crippen LogP contribution in [0, 0.1) is 0 Å². The SMILES string of the molecule is CCCC(=O)NC(C)(C)C.[HH]. The third kappa shape index (κ3) is 5.60. The number of hydrogen-bond donors (Lipinski definition) is 1. The van der Waals surface area contributed by atoms with Crippen LogP contribution >= 0.6 is 0 Å². The highest BCUT2D eigenvalue weighted by atomic mass is 16.1. The predicted molar refractivity (Wildman–Crippen MR) is 44.9 cm³/mol. The summed E-state index contributed by atoms with van der Waals surface area (Å²) in [6.45, 7) is 7.96.